The van der Waals surface area contributed by atoms with Crippen molar-refractivity contribution < 1.29 is 23.9 Å². The number of pyridine rings is 1. The van der Waals surface area contributed by atoms with Gasteiger partial charge in [-0.25, -0.2) is 9.59 Å². The first-order valence-electron chi connectivity index (χ1n) is 10.3. The molecule has 9 heteroatoms. The van der Waals surface area contributed by atoms with Crippen LogP contribution < -0.4 is 10.6 Å². The Hall–Kier alpha value is -3.46. The number of hydrogen-bond donors (Lipinski definition) is 2. The molecular formula is C23H23N3O5S. The highest BCUT2D eigenvalue weighted by Gasteiger charge is 2.31. The van der Waals surface area contributed by atoms with Crippen LogP contribution in [0.5, 0.6) is 0 Å². The zero-order valence-corrected chi connectivity index (χ0v) is 18.3. The van der Waals surface area contributed by atoms with Crippen LogP contribution in [0.15, 0.2) is 48.7 Å². The quantitative estimate of drug-likeness (QED) is 0.507. The standard InChI is InChI=1S/C23H23N3O5S/c1-14-9-10-24-17-11-19(32-20(14)17)21(27)25-12-18(22(28)31-16-7-8-16)26-23(29)30-13-15-5-3-2-4-6-15/h2-6,9-11,16,18H,7-8,12-13H2,1H3,(H,25,27)(H,26,29). The van der Waals surface area contributed by atoms with E-state index >= 15 is 0 Å². The van der Waals surface area contributed by atoms with E-state index in [0.717, 1.165) is 34.2 Å². The maximum atomic E-state index is 12.7. The van der Waals surface area contributed by atoms with Gasteiger partial charge < -0.3 is 20.1 Å². The van der Waals surface area contributed by atoms with Gasteiger partial charge in [0.1, 0.15) is 18.8 Å². The fourth-order valence-corrected chi connectivity index (χ4v) is 3.99. The molecule has 0 radical (unpaired) electrons. The molecule has 1 aliphatic rings. The zero-order valence-electron chi connectivity index (χ0n) is 17.5. The van der Waals surface area contributed by atoms with Crippen LogP contribution in [-0.4, -0.2) is 41.6 Å². The van der Waals surface area contributed by atoms with E-state index in [2.05, 4.69) is 15.6 Å². The fraction of sp³-hybridized carbons (Fsp3) is 0.304. The SMILES string of the molecule is Cc1ccnc2cc(C(=O)NCC(NC(=O)OCc3ccccc3)C(=O)OC3CC3)sc12. The van der Waals surface area contributed by atoms with Crippen LogP contribution in [0.25, 0.3) is 10.2 Å². The summed E-state index contributed by atoms with van der Waals surface area (Å²) in [7, 11) is 0. The number of carbonyl (C=O) groups is 3. The molecule has 0 bridgehead atoms. The predicted octanol–water partition coefficient (Wildman–Crippen LogP) is 3.34. The lowest BCUT2D eigenvalue weighted by atomic mass is 10.2. The van der Waals surface area contributed by atoms with Crippen molar-refractivity contribution in [2.75, 3.05) is 6.54 Å². The summed E-state index contributed by atoms with van der Waals surface area (Å²) >= 11 is 1.33. The highest BCUT2D eigenvalue weighted by molar-refractivity contribution is 7.21. The lowest BCUT2D eigenvalue weighted by Crippen LogP contribution is -2.49. The molecule has 1 unspecified atom stereocenters. The van der Waals surface area contributed by atoms with Crippen molar-refractivity contribution in [2.45, 2.75) is 38.5 Å². The van der Waals surface area contributed by atoms with Crippen molar-refractivity contribution in [1.82, 2.24) is 15.6 Å². The molecule has 0 saturated heterocycles. The summed E-state index contributed by atoms with van der Waals surface area (Å²) in [5, 5.41) is 5.21. The van der Waals surface area contributed by atoms with Crippen LogP contribution in [0.3, 0.4) is 0 Å². The normalized spacial score (nSPS) is 13.9. The third kappa shape index (κ3) is 5.61. The number of amides is 2. The molecule has 2 amide bonds. The van der Waals surface area contributed by atoms with Gasteiger partial charge >= 0.3 is 12.1 Å². The van der Waals surface area contributed by atoms with Gasteiger partial charge in [0.05, 0.1) is 15.1 Å². The van der Waals surface area contributed by atoms with Crippen molar-refractivity contribution in [3.05, 3.63) is 64.7 Å². The Kier molecular flexibility index (Phi) is 6.65. The average Bonchev–Trinajstić information content (AvgIpc) is 3.49. The van der Waals surface area contributed by atoms with Crippen LogP contribution in [0, 0.1) is 6.92 Å². The number of nitrogens with zero attached hydrogens (tertiary/aromatic N) is 1. The molecule has 2 N–H and O–H groups in total. The van der Waals surface area contributed by atoms with E-state index < -0.39 is 18.1 Å². The molecule has 1 fully saturated rings. The summed E-state index contributed by atoms with van der Waals surface area (Å²) in [4.78, 5) is 42.1. The Morgan fingerprint density at radius 2 is 1.97 bits per heavy atom. The molecule has 1 aliphatic carbocycles. The number of aromatic nitrogens is 1. The molecular weight excluding hydrogens is 430 g/mol. The topological polar surface area (TPSA) is 107 Å². The number of carbonyl (C=O) groups excluding carboxylic acids is 3. The third-order valence-electron chi connectivity index (χ3n) is 4.90. The number of fused-ring (bicyclic) bond motifs is 1. The molecule has 8 nitrogen and oxygen atoms in total. The van der Waals surface area contributed by atoms with E-state index in [1.165, 1.54) is 11.3 Å². The lowest BCUT2D eigenvalue weighted by molar-refractivity contribution is -0.147. The molecule has 1 aromatic carbocycles. The largest absolute Gasteiger partial charge is 0.461 e. The van der Waals surface area contributed by atoms with E-state index in [9.17, 15) is 14.4 Å². The van der Waals surface area contributed by atoms with Gasteiger partial charge in [-0.2, -0.15) is 0 Å². The predicted molar refractivity (Wildman–Crippen MR) is 119 cm³/mol. The Morgan fingerprint density at radius 1 is 1.19 bits per heavy atom. The van der Waals surface area contributed by atoms with Crippen molar-refractivity contribution in [1.29, 1.82) is 0 Å². The van der Waals surface area contributed by atoms with Crippen LogP contribution in [0.2, 0.25) is 0 Å². The van der Waals surface area contributed by atoms with E-state index in [1.807, 2.05) is 43.3 Å². The van der Waals surface area contributed by atoms with Crippen LogP contribution in [-0.2, 0) is 20.9 Å². The molecule has 0 aliphatic heterocycles. The second-order valence-corrected chi connectivity index (χ2v) is 8.61. The van der Waals surface area contributed by atoms with Crippen molar-refractivity contribution in [2.24, 2.45) is 0 Å². The van der Waals surface area contributed by atoms with Crippen molar-refractivity contribution >= 4 is 39.5 Å². The molecule has 166 valence electrons. The van der Waals surface area contributed by atoms with Crippen LogP contribution in [0.4, 0.5) is 4.79 Å². The third-order valence-corrected chi connectivity index (χ3v) is 6.15. The molecule has 0 spiro atoms. The summed E-state index contributed by atoms with van der Waals surface area (Å²) < 4.78 is 11.5. The maximum Gasteiger partial charge on any atom is 0.408 e. The summed E-state index contributed by atoms with van der Waals surface area (Å²) in [6.07, 6.45) is 2.41. The van der Waals surface area contributed by atoms with Gasteiger partial charge in [-0.1, -0.05) is 30.3 Å². The van der Waals surface area contributed by atoms with Crippen molar-refractivity contribution in [3.63, 3.8) is 0 Å². The molecule has 1 atom stereocenters. The smallest absolute Gasteiger partial charge is 0.408 e. The summed E-state index contributed by atoms with van der Waals surface area (Å²) in [5.74, 6) is -0.950. The molecule has 32 heavy (non-hydrogen) atoms. The number of alkyl carbamates (subject to hydrolysis) is 1. The van der Waals surface area contributed by atoms with E-state index in [4.69, 9.17) is 9.47 Å². The Bertz CT molecular complexity index is 1130. The lowest BCUT2D eigenvalue weighted by Gasteiger charge is -2.18. The number of rotatable bonds is 8. The van der Waals surface area contributed by atoms with Crippen LogP contribution >= 0.6 is 11.3 Å². The van der Waals surface area contributed by atoms with Gasteiger partial charge in [0.15, 0.2) is 0 Å². The number of nitrogens with one attached hydrogen (secondary N) is 2. The number of aryl methyl sites for hydroxylation is 1. The van der Waals surface area contributed by atoms with Gasteiger partial charge in [0, 0.05) is 12.7 Å². The average molecular weight is 454 g/mol. The number of esters is 1. The zero-order chi connectivity index (χ0) is 22.5. The van der Waals surface area contributed by atoms with E-state index in [0.29, 0.717) is 4.88 Å². The van der Waals surface area contributed by atoms with Gasteiger partial charge in [-0.3, -0.25) is 9.78 Å². The van der Waals surface area contributed by atoms with Crippen LogP contribution in [0.1, 0.15) is 33.6 Å². The van der Waals surface area contributed by atoms with Gasteiger partial charge in [-0.15, -0.1) is 11.3 Å². The second kappa shape index (κ2) is 9.78. The molecule has 2 aromatic heterocycles. The Morgan fingerprint density at radius 3 is 2.69 bits per heavy atom. The minimum Gasteiger partial charge on any atom is -0.461 e. The first-order valence-corrected chi connectivity index (χ1v) is 11.1. The number of thiophene rings is 1. The number of benzene rings is 1. The monoisotopic (exact) mass is 453 g/mol. The van der Waals surface area contributed by atoms with Gasteiger partial charge in [0.25, 0.3) is 5.91 Å². The maximum absolute atomic E-state index is 12.7. The molecule has 4 rings (SSSR count). The first-order chi connectivity index (χ1) is 15.5. The van der Waals surface area contributed by atoms with E-state index in [-0.39, 0.29) is 25.2 Å². The Labute approximate surface area is 188 Å². The fourth-order valence-electron chi connectivity index (χ4n) is 2.99. The van der Waals surface area contributed by atoms with Gasteiger partial charge in [-0.05, 0) is 43.0 Å². The highest BCUT2D eigenvalue weighted by atomic mass is 32.1. The van der Waals surface area contributed by atoms with E-state index in [1.54, 1.807) is 12.3 Å². The highest BCUT2D eigenvalue weighted by Crippen LogP contribution is 2.27. The Balaban J connectivity index is 1.37. The first kappa shape index (κ1) is 21.8. The minimum absolute atomic E-state index is 0.0670. The molecule has 3 aromatic rings. The summed E-state index contributed by atoms with van der Waals surface area (Å²) in [5.41, 5.74) is 2.60. The number of ether oxygens (including phenoxy) is 2. The van der Waals surface area contributed by atoms with Crippen molar-refractivity contribution in [3.8, 4) is 0 Å². The summed E-state index contributed by atoms with van der Waals surface area (Å²) in [6.45, 7) is 1.90. The number of hydrogen-bond acceptors (Lipinski definition) is 7. The molecule has 1 saturated carbocycles. The van der Waals surface area contributed by atoms with Gasteiger partial charge in [0.2, 0.25) is 0 Å². The second-order valence-electron chi connectivity index (χ2n) is 7.56. The molecule has 2 heterocycles. The minimum atomic E-state index is -1.06. The summed E-state index contributed by atoms with van der Waals surface area (Å²) in [6, 6.07) is 11.7.